The van der Waals surface area contributed by atoms with E-state index in [4.69, 9.17) is 4.74 Å². The maximum Gasteiger partial charge on any atom is 0.293 e. The van der Waals surface area contributed by atoms with Crippen LogP contribution in [0.15, 0.2) is 0 Å². The second-order valence-corrected chi connectivity index (χ2v) is 4.15. The normalized spacial score (nSPS) is 37.4. The van der Waals surface area contributed by atoms with Gasteiger partial charge in [0.25, 0.3) is 6.47 Å². The summed E-state index contributed by atoms with van der Waals surface area (Å²) in [4.78, 5) is 12.5. The largest absolute Gasteiger partial charge is 0.468 e. The Hall–Kier alpha value is -0.570. The third-order valence-electron chi connectivity index (χ3n) is 3.47. The van der Waals surface area contributed by atoms with Crippen LogP contribution in [0, 0.1) is 11.8 Å². The fourth-order valence-corrected chi connectivity index (χ4v) is 2.68. The summed E-state index contributed by atoms with van der Waals surface area (Å²) < 4.78 is 4.74. The molecule has 74 valence electrons. The van der Waals surface area contributed by atoms with Gasteiger partial charge in [-0.05, 0) is 44.2 Å². The van der Waals surface area contributed by atoms with E-state index in [1.165, 1.54) is 32.5 Å². The van der Waals surface area contributed by atoms with Gasteiger partial charge in [0.1, 0.15) is 0 Å². The van der Waals surface area contributed by atoms with Crippen LogP contribution in [0.25, 0.3) is 0 Å². The Balaban J connectivity index is 1.76. The van der Waals surface area contributed by atoms with Gasteiger partial charge in [-0.3, -0.25) is 4.79 Å². The maximum absolute atomic E-state index is 9.97. The van der Waals surface area contributed by atoms with Crippen molar-refractivity contribution >= 4 is 6.47 Å². The summed E-state index contributed by atoms with van der Waals surface area (Å²) in [6.07, 6.45) is 3.76. The van der Waals surface area contributed by atoms with E-state index >= 15 is 0 Å². The molecular formula is C10H17NO2. The average Bonchev–Trinajstić information content (AvgIpc) is 2.20. The summed E-state index contributed by atoms with van der Waals surface area (Å²) >= 11 is 0. The number of fused-ring (bicyclic) bond motifs is 3. The molecule has 3 saturated heterocycles. The van der Waals surface area contributed by atoms with E-state index in [0.29, 0.717) is 13.1 Å². The molecule has 1 atom stereocenters. The highest BCUT2D eigenvalue weighted by Crippen LogP contribution is 2.33. The maximum atomic E-state index is 9.97. The zero-order valence-electron chi connectivity index (χ0n) is 7.95. The lowest BCUT2D eigenvalue weighted by Gasteiger charge is -2.44. The first-order valence-electron chi connectivity index (χ1n) is 5.18. The molecule has 3 fully saturated rings. The van der Waals surface area contributed by atoms with Crippen molar-refractivity contribution in [2.24, 2.45) is 11.8 Å². The van der Waals surface area contributed by atoms with Crippen LogP contribution in [-0.4, -0.2) is 37.6 Å². The molecule has 0 aromatic rings. The van der Waals surface area contributed by atoms with Crippen LogP contribution in [0.1, 0.15) is 19.3 Å². The Kier molecular flexibility index (Phi) is 2.83. The van der Waals surface area contributed by atoms with Gasteiger partial charge in [-0.1, -0.05) is 0 Å². The minimum Gasteiger partial charge on any atom is -0.468 e. The molecule has 0 amide bonds. The van der Waals surface area contributed by atoms with Crippen molar-refractivity contribution in [2.45, 2.75) is 19.3 Å². The molecule has 3 nitrogen and oxygen atoms in total. The Bertz CT molecular complexity index is 176. The fraction of sp³-hybridized carbons (Fsp3) is 0.900. The third kappa shape index (κ3) is 2.02. The van der Waals surface area contributed by atoms with Crippen molar-refractivity contribution in [2.75, 3.05) is 26.2 Å². The highest BCUT2D eigenvalue weighted by molar-refractivity contribution is 5.36. The van der Waals surface area contributed by atoms with Crippen LogP contribution in [-0.2, 0) is 9.53 Å². The smallest absolute Gasteiger partial charge is 0.293 e. The summed E-state index contributed by atoms with van der Waals surface area (Å²) in [5.74, 6) is 1.68. The molecule has 3 aliphatic heterocycles. The first-order valence-corrected chi connectivity index (χ1v) is 5.18. The lowest BCUT2D eigenvalue weighted by Crippen LogP contribution is -2.47. The monoisotopic (exact) mass is 183 g/mol. The molecule has 0 radical (unpaired) electrons. The highest BCUT2D eigenvalue weighted by atomic mass is 16.5. The summed E-state index contributed by atoms with van der Waals surface area (Å²) in [7, 11) is 0. The van der Waals surface area contributed by atoms with Crippen LogP contribution in [0.4, 0.5) is 0 Å². The quantitative estimate of drug-likeness (QED) is 0.479. The topological polar surface area (TPSA) is 29.5 Å². The van der Waals surface area contributed by atoms with E-state index in [1.54, 1.807) is 0 Å². The molecule has 0 saturated carbocycles. The van der Waals surface area contributed by atoms with Gasteiger partial charge in [0, 0.05) is 6.54 Å². The number of hydrogen-bond donors (Lipinski definition) is 0. The molecule has 0 N–H and O–H groups in total. The van der Waals surface area contributed by atoms with Crippen molar-refractivity contribution in [3.8, 4) is 0 Å². The first kappa shape index (κ1) is 9.00. The Labute approximate surface area is 79.0 Å². The van der Waals surface area contributed by atoms with Gasteiger partial charge in [-0.2, -0.15) is 0 Å². The number of nitrogens with zero attached hydrogens (tertiary/aromatic N) is 1. The van der Waals surface area contributed by atoms with Gasteiger partial charge >= 0.3 is 0 Å². The van der Waals surface area contributed by atoms with E-state index in [9.17, 15) is 4.79 Å². The van der Waals surface area contributed by atoms with Gasteiger partial charge < -0.3 is 9.64 Å². The second-order valence-electron chi connectivity index (χ2n) is 4.15. The van der Waals surface area contributed by atoms with E-state index in [-0.39, 0.29) is 0 Å². The van der Waals surface area contributed by atoms with Crippen molar-refractivity contribution < 1.29 is 9.53 Å². The highest BCUT2D eigenvalue weighted by Gasteiger charge is 2.33. The van der Waals surface area contributed by atoms with E-state index in [1.807, 2.05) is 0 Å². The van der Waals surface area contributed by atoms with Gasteiger partial charge in [-0.25, -0.2) is 0 Å². The molecule has 0 spiro atoms. The fourth-order valence-electron chi connectivity index (χ4n) is 2.68. The zero-order valence-corrected chi connectivity index (χ0v) is 7.95. The molecule has 3 heteroatoms. The number of carbonyl (C=O) groups is 1. The van der Waals surface area contributed by atoms with Crippen LogP contribution in [0.5, 0.6) is 0 Å². The Morgan fingerprint density at radius 1 is 1.38 bits per heavy atom. The van der Waals surface area contributed by atoms with Gasteiger partial charge in [0.15, 0.2) is 0 Å². The average molecular weight is 183 g/mol. The van der Waals surface area contributed by atoms with Gasteiger partial charge in [-0.15, -0.1) is 0 Å². The Morgan fingerprint density at radius 2 is 2.15 bits per heavy atom. The Morgan fingerprint density at radius 3 is 2.69 bits per heavy atom. The standard InChI is InChI=1S/C10H17NO2/c12-8-13-6-3-10-7-11-4-1-9(10)2-5-11/h8-10H,1-7H2/t10-/m1/s1. The van der Waals surface area contributed by atoms with Crippen LogP contribution < -0.4 is 0 Å². The van der Waals surface area contributed by atoms with E-state index in [2.05, 4.69) is 4.90 Å². The molecule has 0 aromatic heterocycles. The predicted molar refractivity (Wildman–Crippen MR) is 49.3 cm³/mol. The van der Waals surface area contributed by atoms with Crippen molar-refractivity contribution in [1.29, 1.82) is 0 Å². The summed E-state index contributed by atoms with van der Waals surface area (Å²) in [5, 5.41) is 0. The van der Waals surface area contributed by atoms with Crippen molar-refractivity contribution in [3.63, 3.8) is 0 Å². The lowest BCUT2D eigenvalue weighted by molar-refractivity contribution is -0.129. The van der Waals surface area contributed by atoms with E-state index in [0.717, 1.165) is 18.3 Å². The third-order valence-corrected chi connectivity index (χ3v) is 3.47. The van der Waals surface area contributed by atoms with Gasteiger partial charge in [0.05, 0.1) is 6.61 Å². The van der Waals surface area contributed by atoms with Crippen LogP contribution in [0.2, 0.25) is 0 Å². The SMILES string of the molecule is O=COCC[C@@H]1CN2CCC1CC2. The van der Waals surface area contributed by atoms with Gasteiger partial charge in [0.2, 0.25) is 0 Å². The number of hydrogen-bond acceptors (Lipinski definition) is 3. The minimum atomic E-state index is 0.557. The second kappa shape index (κ2) is 4.09. The summed E-state index contributed by atoms with van der Waals surface area (Å²) in [5.41, 5.74) is 0. The molecule has 13 heavy (non-hydrogen) atoms. The molecule has 0 unspecified atom stereocenters. The molecule has 0 aromatic carbocycles. The van der Waals surface area contributed by atoms with Crippen molar-refractivity contribution in [1.82, 2.24) is 4.90 Å². The summed E-state index contributed by atoms with van der Waals surface area (Å²) in [6.45, 7) is 4.97. The molecule has 2 bridgehead atoms. The molecular weight excluding hydrogens is 166 g/mol. The molecule has 3 heterocycles. The first-order chi connectivity index (χ1) is 6.40. The van der Waals surface area contributed by atoms with Crippen molar-refractivity contribution in [3.05, 3.63) is 0 Å². The molecule has 3 rings (SSSR count). The zero-order chi connectivity index (χ0) is 9.10. The lowest BCUT2D eigenvalue weighted by atomic mass is 9.78. The summed E-state index contributed by atoms with van der Waals surface area (Å²) in [6, 6.07) is 0. The van der Waals surface area contributed by atoms with Crippen LogP contribution >= 0.6 is 0 Å². The minimum absolute atomic E-state index is 0.557. The number of rotatable bonds is 4. The number of carbonyl (C=O) groups excluding carboxylic acids is 1. The predicted octanol–water partition coefficient (Wildman–Crippen LogP) is 0.891. The molecule has 3 aliphatic rings. The van der Waals surface area contributed by atoms with Crippen LogP contribution in [0.3, 0.4) is 0 Å². The number of ether oxygens (including phenoxy) is 1. The number of piperidine rings is 3. The van der Waals surface area contributed by atoms with E-state index < -0.39 is 0 Å². The molecule has 0 aliphatic carbocycles.